The summed E-state index contributed by atoms with van der Waals surface area (Å²) in [4.78, 5) is 36.5. The van der Waals surface area contributed by atoms with Crippen LogP contribution in [0.25, 0.3) is 10.9 Å². The molecule has 1 fully saturated rings. The molecule has 2 heterocycles. The molecule has 29 heavy (non-hydrogen) atoms. The molecule has 1 aliphatic rings. The Morgan fingerprint density at radius 3 is 2.83 bits per heavy atom. The van der Waals surface area contributed by atoms with Crippen molar-refractivity contribution in [2.75, 3.05) is 31.6 Å². The standard InChI is InChI=1S/C19H26N6O4/c20-9-4-12-29-11-2-1-10-21-13-5-3-6-14-17(13)19(28)25(24-23-14)15-7-8-16(26)22-18(15)27/h3,5-6,15,21H,1-2,4,7-12,20H2,(H,22,26,27). The topological polar surface area (TPSA) is 141 Å². The minimum Gasteiger partial charge on any atom is -0.384 e. The second kappa shape index (κ2) is 10.1. The number of carbonyl (C=O) groups excluding carboxylic acids is 2. The van der Waals surface area contributed by atoms with Gasteiger partial charge in [0.25, 0.3) is 11.5 Å². The fourth-order valence-corrected chi connectivity index (χ4v) is 3.21. The van der Waals surface area contributed by atoms with Gasteiger partial charge in [-0.25, -0.2) is 0 Å². The number of rotatable bonds is 10. The van der Waals surface area contributed by atoms with Crippen LogP contribution in [0, 0.1) is 0 Å². The Balaban J connectivity index is 1.69. The smallest absolute Gasteiger partial charge is 0.280 e. The van der Waals surface area contributed by atoms with Crippen molar-refractivity contribution in [3.05, 3.63) is 28.6 Å². The number of anilines is 1. The lowest BCUT2D eigenvalue weighted by Gasteiger charge is -2.21. The SMILES string of the molecule is NCCCOCCCCNc1cccc2nnn(C3CCC(=O)NC3=O)c(=O)c12. The number of carbonyl (C=O) groups is 2. The van der Waals surface area contributed by atoms with E-state index in [0.29, 0.717) is 42.9 Å². The lowest BCUT2D eigenvalue weighted by molar-refractivity contribution is -0.136. The van der Waals surface area contributed by atoms with Crippen molar-refractivity contribution in [1.82, 2.24) is 20.3 Å². The number of nitrogens with two attached hydrogens (primary N) is 1. The average molecular weight is 402 g/mol. The molecule has 0 aliphatic carbocycles. The Bertz CT molecular complexity index is 929. The van der Waals surface area contributed by atoms with E-state index in [1.807, 2.05) is 0 Å². The highest BCUT2D eigenvalue weighted by Crippen LogP contribution is 2.20. The highest BCUT2D eigenvalue weighted by atomic mass is 16.5. The van der Waals surface area contributed by atoms with E-state index in [9.17, 15) is 14.4 Å². The summed E-state index contributed by atoms with van der Waals surface area (Å²) in [5.74, 6) is -0.875. The largest absolute Gasteiger partial charge is 0.384 e. The first-order chi connectivity index (χ1) is 14.1. The van der Waals surface area contributed by atoms with Crippen molar-refractivity contribution >= 4 is 28.4 Å². The summed E-state index contributed by atoms with van der Waals surface area (Å²) in [5, 5.41) is 13.9. The maximum Gasteiger partial charge on any atom is 0.280 e. The molecule has 1 atom stereocenters. The summed E-state index contributed by atoms with van der Waals surface area (Å²) in [6.45, 7) is 2.64. The fraction of sp³-hybridized carbons (Fsp3) is 0.526. The number of aromatic nitrogens is 3. The Labute approximate surface area is 167 Å². The molecule has 10 heteroatoms. The lowest BCUT2D eigenvalue weighted by atomic mass is 10.1. The number of nitrogens with zero attached hydrogens (tertiary/aromatic N) is 3. The zero-order valence-electron chi connectivity index (χ0n) is 16.2. The van der Waals surface area contributed by atoms with Crippen LogP contribution in [0.4, 0.5) is 5.69 Å². The number of amides is 2. The van der Waals surface area contributed by atoms with Crippen LogP contribution < -0.4 is 21.9 Å². The Morgan fingerprint density at radius 2 is 2.03 bits per heavy atom. The maximum absolute atomic E-state index is 13.0. The Kier molecular flexibility index (Phi) is 7.25. The van der Waals surface area contributed by atoms with Crippen LogP contribution in [0.2, 0.25) is 0 Å². The number of ether oxygens (including phenoxy) is 1. The minimum atomic E-state index is -0.837. The van der Waals surface area contributed by atoms with Gasteiger partial charge in [-0.15, -0.1) is 5.10 Å². The fourth-order valence-electron chi connectivity index (χ4n) is 3.21. The second-order valence-corrected chi connectivity index (χ2v) is 6.89. The van der Waals surface area contributed by atoms with E-state index >= 15 is 0 Å². The van der Waals surface area contributed by atoms with E-state index < -0.39 is 17.5 Å². The van der Waals surface area contributed by atoms with Gasteiger partial charge in [-0.1, -0.05) is 11.3 Å². The number of fused-ring (bicyclic) bond motifs is 1. The third-order valence-electron chi connectivity index (χ3n) is 4.74. The van der Waals surface area contributed by atoms with Crippen molar-refractivity contribution in [2.24, 2.45) is 5.73 Å². The molecule has 4 N–H and O–H groups in total. The Morgan fingerprint density at radius 1 is 1.21 bits per heavy atom. The Hall–Kier alpha value is -2.85. The maximum atomic E-state index is 13.0. The molecule has 1 aromatic heterocycles. The van der Waals surface area contributed by atoms with Gasteiger partial charge >= 0.3 is 0 Å². The number of hydrogen-bond donors (Lipinski definition) is 3. The van der Waals surface area contributed by atoms with Crippen LogP contribution in [0.3, 0.4) is 0 Å². The second-order valence-electron chi connectivity index (χ2n) is 6.89. The van der Waals surface area contributed by atoms with E-state index in [4.69, 9.17) is 10.5 Å². The zero-order valence-corrected chi connectivity index (χ0v) is 16.2. The van der Waals surface area contributed by atoms with Crippen molar-refractivity contribution in [3.8, 4) is 0 Å². The molecule has 10 nitrogen and oxygen atoms in total. The third-order valence-corrected chi connectivity index (χ3v) is 4.74. The monoisotopic (exact) mass is 402 g/mol. The molecule has 0 spiro atoms. The molecule has 2 aromatic rings. The molecular weight excluding hydrogens is 376 g/mol. The van der Waals surface area contributed by atoms with Crippen LogP contribution >= 0.6 is 0 Å². The number of benzene rings is 1. The van der Waals surface area contributed by atoms with E-state index in [1.54, 1.807) is 18.2 Å². The normalized spacial score (nSPS) is 16.8. The number of piperidine rings is 1. The first kappa shape index (κ1) is 20.9. The molecule has 0 bridgehead atoms. The van der Waals surface area contributed by atoms with E-state index in [-0.39, 0.29) is 18.7 Å². The molecule has 1 saturated heterocycles. The van der Waals surface area contributed by atoms with E-state index in [2.05, 4.69) is 20.9 Å². The molecule has 1 unspecified atom stereocenters. The molecule has 2 amide bonds. The van der Waals surface area contributed by atoms with E-state index in [1.165, 1.54) is 0 Å². The first-order valence-electron chi connectivity index (χ1n) is 9.85. The van der Waals surface area contributed by atoms with Gasteiger partial charge in [-0.2, -0.15) is 4.68 Å². The first-order valence-corrected chi connectivity index (χ1v) is 9.85. The zero-order chi connectivity index (χ0) is 20.6. The van der Waals surface area contributed by atoms with Gasteiger partial charge in [0.1, 0.15) is 11.6 Å². The van der Waals surface area contributed by atoms with Gasteiger partial charge in [0.2, 0.25) is 5.91 Å². The summed E-state index contributed by atoms with van der Waals surface area (Å²) in [5.41, 5.74) is 6.11. The van der Waals surface area contributed by atoms with Crippen LogP contribution in [-0.2, 0) is 14.3 Å². The van der Waals surface area contributed by atoms with Gasteiger partial charge in [0, 0.05) is 31.9 Å². The van der Waals surface area contributed by atoms with Crippen molar-refractivity contribution in [2.45, 2.75) is 38.1 Å². The number of nitrogens with one attached hydrogen (secondary N) is 2. The summed E-state index contributed by atoms with van der Waals surface area (Å²) in [7, 11) is 0. The van der Waals surface area contributed by atoms with E-state index in [0.717, 1.165) is 23.9 Å². The number of imide groups is 1. The molecule has 0 saturated carbocycles. The predicted octanol–water partition coefficient (Wildman–Crippen LogP) is 0.327. The van der Waals surface area contributed by atoms with Gasteiger partial charge < -0.3 is 15.8 Å². The third kappa shape index (κ3) is 5.15. The van der Waals surface area contributed by atoms with Crippen LogP contribution in [0.1, 0.15) is 38.1 Å². The number of hydrogen-bond acceptors (Lipinski definition) is 8. The molecule has 0 radical (unpaired) electrons. The molecule has 156 valence electrons. The van der Waals surface area contributed by atoms with Crippen LogP contribution in [-0.4, -0.2) is 53.1 Å². The van der Waals surface area contributed by atoms with Crippen LogP contribution in [0.5, 0.6) is 0 Å². The highest BCUT2D eigenvalue weighted by molar-refractivity contribution is 5.99. The van der Waals surface area contributed by atoms with Crippen molar-refractivity contribution in [3.63, 3.8) is 0 Å². The molecule has 3 rings (SSSR count). The summed E-state index contributed by atoms with van der Waals surface area (Å²) >= 11 is 0. The van der Waals surface area contributed by atoms with Gasteiger partial charge in [-0.05, 0) is 44.4 Å². The van der Waals surface area contributed by atoms with Crippen LogP contribution in [0.15, 0.2) is 23.0 Å². The van der Waals surface area contributed by atoms with Gasteiger partial charge in [0.05, 0.1) is 5.39 Å². The van der Waals surface area contributed by atoms with Crippen molar-refractivity contribution in [1.29, 1.82) is 0 Å². The van der Waals surface area contributed by atoms with Gasteiger partial charge in [-0.3, -0.25) is 19.7 Å². The highest BCUT2D eigenvalue weighted by Gasteiger charge is 2.30. The molecule has 1 aliphatic heterocycles. The van der Waals surface area contributed by atoms with Gasteiger partial charge in [0.15, 0.2) is 0 Å². The van der Waals surface area contributed by atoms with Crippen molar-refractivity contribution < 1.29 is 14.3 Å². The lowest BCUT2D eigenvalue weighted by Crippen LogP contribution is -2.45. The number of unbranched alkanes of at least 4 members (excludes halogenated alkanes) is 1. The molecule has 1 aromatic carbocycles. The molecular formula is C19H26N6O4. The quantitative estimate of drug-likeness (QED) is 0.381. The average Bonchev–Trinajstić information content (AvgIpc) is 2.71. The minimum absolute atomic E-state index is 0.163. The summed E-state index contributed by atoms with van der Waals surface area (Å²) in [6, 6.07) is 4.47. The predicted molar refractivity (Wildman–Crippen MR) is 107 cm³/mol. The summed E-state index contributed by atoms with van der Waals surface area (Å²) < 4.78 is 6.55. The summed E-state index contributed by atoms with van der Waals surface area (Å²) in [6.07, 6.45) is 3.01.